The van der Waals surface area contributed by atoms with Crippen molar-refractivity contribution in [1.29, 1.82) is 0 Å². The molecule has 0 amide bonds. The molecule has 1 aromatic rings. The van der Waals surface area contributed by atoms with Crippen molar-refractivity contribution >= 4 is 16.1 Å². The van der Waals surface area contributed by atoms with Crippen molar-refractivity contribution in [2.75, 3.05) is 13.2 Å². The summed E-state index contributed by atoms with van der Waals surface area (Å²) in [4.78, 5) is 10.3. The van der Waals surface area contributed by atoms with Crippen molar-refractivity contribution in [2.24, 2.45) is 0 Å². The summed E-state index contributed by atoms with van der Waals surface area (Å²) in [7, 11) is -4.59. The summed E-state index contributed by atoms with van der Waals surface area (Å²) in [5.41, 5.74) is 0. The zero-order valence-electron chi connectivity index (χ0n) is 10.4. The van der Waals surface area contributed by atoms with E-state index in [1.165, 1.54) is 18.2 Å². The summed E-state index contributed by atoms with van der Waals surface area (Å²) in [6, 6.07) is 5.43. The minimum Gasteiger partial charge on any atom is -0.744 e. The molecule has 0 heterocycles. The van der Waals surface area contributed by atoms with Gasteiger partial charge in [0, 0.05) is 6.08 Å². The third-order valence-corrected chi connectivity index (χ3v) is 2.75. The van der Waals surface area contributed by atoms with E-state index in [9.17, 15) is 17.8 Å². The maximum absolute atomic E-state index is 10.9. The molecule has 0 saturated heterocycles. The first-order valence-corrected chi connectivity index (χ1v) is 6.33. The largest absolute Gasteiger partial charge is 1.00 e. The second kappa shape index (κ2) is 8.34. The molecule has 1 rings (SSSR count). The van der Waals surface area contributed by atoms with Crippen LogP contribution >= 0.6 is 0 Å². The van der Waals surface area contributed by atoms with E-state index < -0.39 is 21.0 Å². The summed E-state index contributed by atoms with van der Waals surface area (Å²) in [5, 5.41) is 0. The van der Waals surface area contributed by atoms with Crippen LogP contribution in [0.15, 0.2) is 41.8 Å². The Hall–Kier alpha value is -0.860. The zero-order valence-corrected chi connectivity index (χ0v) is 13.2. The molecular weight excluding hydrogens is 283 g/mol. The van der Waals surface area contributed by atoms with Crippen molar-refractivity contribution in [2.45, 2.75) is 4.90 Å². The SMILES string of the molecule is C=CC(=O)OCCOc1ccccc1S(=O)(=O)[O-].[Na+]. The molecule has 0 aliphatic carbocycles. The molecule has 0 radical (unpaired) electrons. The number of rotatable bonds is 6. The number of hydrogen-bond acceptors (Lipinski definition) is 6. The normalized spacial score (nSPS) is 10.2. The summed E-state index contributed by atoms with van der Waals surface area (Å²) in [5.74, 6) is -0.675. The first-order chi connectivity index (χ1) is 8.45. The number of esters is 1. The average molecular weight is 294 g/mol. The quantitative estimate of drug-likeness (QED) is 0.193. The molecule has 0 spiro atoms. The van der Waals surface area contributed by atoms with Crippen LogP contribution in [0.4, 0.5) is 0 Å². The second-order valence-corrected chi connectivity index (χ2v) is 4.47. The molecule has 0 bridgehead atoms. The van der Waals surface area contributed by atoms with Gasteiger partial charge in [-0.3, -0.25) is 0 Å². The maximum Gasteiger partial charge on any atom is 1.00 e. The molecule has 0 N–H and O–H groups in total. The van der Waals surface area contributed by atoms with Crippen LogP contribution in [-0.4, -0.2) is 32.2 Å². The van der Waals surface area contributed by atoms with Crippen molar-refractivity contribution < 1.29 is 56.8 Å². The Bertz CT molecular complexity index is 540. The van der Waals surface area contributed by atoms with E-state index in [0.29, 0.717) is 0 Å². The number of carbonyl (C=O) groups excluding carboxylic acids is 1. The Balaban J connectivity index is 0.00000324. The van der Waals surface area contributed by atoms with Gasteiger partial charge in [0.15, 0.2) is 0 Å². The minimum atomic E-state index is -4.59. The third-order valence-electron chi connectivity index (χ3n) is 1.87. The van der Waals surface area contributed by atoms with Gasteiger partial charge in [0.25, 0.3) is 0 Å². The van der Waals surface area contributed by atoms with Crippen molar-refractivity contribution in [1.82, 2.24) is 0 Å². The molecule has 0 fully saturated rings. The molecule has 0 saturated carbocycles. The van der Waals surface area contributed by atoms with E-state index in [-0.39, 0.29) is 48.5 Å². The molecule has 8 heteroatoms. The molecule has 0 atom stereocenters. The van der Waals surface area contributed by atoms with Crippen molar-refractivity contribution in [3.63, 3.8) is 0 Å². The van der Waals surface area contributed by atoms with Gasteiger partial charge in [-0.25, -0.2) is 13.2 Å². The first kappa shape index (κ1) is 18.1. The number of hydrogen-bond donors (Lipinski definition) is 0. The molecular formula is C11H11NaO6S. The van der Waals surface area contributed by atoms with Gasteiger partial charge >= 0.3 is 35.5 Å². The van der Waals surface area contributed by atoms with Gasteiger partial charge in [-0.05, 0) is 12.1 Å². The molecule has 19 heavy (non-hydrogen) atoms. The molecule has 98 valence electrons. The van der Waals surface area contributed by atoms with Gasteiger partial charge in [-0.2, -0.15) is 0 Å². The number of para-hydroxylation sites is 1. The number of carbonyl (C=O) groups is 1. The summed E-state index contributed by atoms with van der Waals surface area (Å²) in [6.07, 6.45) is 0.996. The minimum absolute atomic E-state index is 0. The molecule has 6 nitrogen and oxygen atoms in total. The fraction of sp³-hybridized carbons (Fsp3) is 0.182. The predicted molar refractivity (Wildman–Crippen MR) is 61.1 cm³/mol. The Labute approximate surface area is 133 Å². The van der Waals surface area contributed by atoms with Crippen LogP contribution in [0.25, 0.3) is 0 Å². The van der Waals surface area contributed by atoms with Gasteiger partial charge in [-0.1, -0.05) is 18.7 Å². The standard InChI is InChI=1S/C11H12O6S.Na/c1-2-11(12)17-8-7-16-9-5-3-4-6-10(9)18(13,14)15;/h2-6H,1,7-8H2,(H,13,14,15);/q;+1/p-1. The molecule has 0 aliphatic rings. The Kier molecular flexibility index (Phi) is 7.96. The fourth-order valence-corrected chi connectivity index (χ4v) is 1.75. The van der Waals surface area contributed by atoms with E-state index in [2.05, 4.69) is 11.3 Å². The van der Waals surface area contributed by atoms with E-state index in [1.807, 2.05) is 0 Å². The van der Waals surface area contributed by atoms with Gasteiger partial charge in [0.2, 0.25) is 0 Å². The van der Waals surface area contributed by atoms with Gasteiger partial charge < -0.3 is 14.0 Å². The maximum atomic E-state index is 10.9. The predicted octanol–water partition coefficient (Wildman–Crippen LogP) is -2.30. The van der Waals surface area contributed by atoms with E-state index >= 15 is 0 Å². The summed E-state index contributed by atoms with van der Waals surface area (Å²) < 4.78 is 42.4. The number of benzene rings is 1. The Morgan fingerprint density at radius 2 is 1.95 bits per heavy atom. The van der Waals surface area contributed by atoms with Crippen LogP contribution in [0, 0.1) is 0 Å². The molecule has 0 aliphatic heterocycles. The van der Waals surface area contributed by atoms with Crippen LogP contribution in [-0.2, 0) is 19.6 Å². The van der Waals surface area contributed by atoms with Gasteiger partial charge in [-0.15, -0.1) is 0 Å². The van der Waals surface area contributed by atoms with Crippen LogP contribution < -0.4 is 34.3 Å². The third kappa shape index (κ3) is 6.22. The Morgan fingerprint density at radius 3 is 2.53 bits per heavy atom. The average Bonchev–Trinajstić information content (AvgIpc) is 2.33. The fourth-order valence-electron chi connectivity index (χ4n) is 1.13. The zero-order chi connectivity index (χ0) is 13.6. The van der Waals surface area contributed by atoms with E-state index in [0.717, 1.165) is 12.1 Å². The monoisotopic (exact) mass is 294 g/mol. The topological polar surface area (TPSA) is 92.7 Å². The van der Waals surface area contributed by atoms with E-state index in [4.69, 9.17) is 4.74 Å². The van der Waals surface area contributed by atoms with Crippen LogP contribution in [0.5, 0.6) is 5.75 Å². The van der Waals surface area contributed by atoms with Crippen LogP contribution in [0.3, 0.4) is 0 Å². The second-order valence-electron chi connectivity index (χ2n) is 3.12. The smallest absolute Gasteiger partial charge is 0.744 e. The van der Waals surface area contributed by atoms with Crippen molar-refractivity contribution in [3.8, 4) is 5.75 Å². The van der Waals surface area contributed by atoms with Crippen LogP contribution in [0.1, 0.15) is 0 Å². The molecule has 1 aromatic carbocycles. The van der Waals surface area contributed by atoms with Gasteiger partial charge in [0.1, 0.15) is 29.1 Å². The Morgan fingerprint density at radius 1 is 1.32 bits per heavy atom. The van der Waals surface area contributed by atoms with Crippen LogP contribution in [0.2, 0.25) is 0 Å². The summed E-state index contributed by atoms with van der Waals surface area (Å²) in [6.45, 7) is 3.07. The first-order valence-electron chi connectivity index (χ1n) is 4.92. The van der Waals surface area contributed by atoms with E-state index in [1.54, 1.807) is 0 Å². The molecule has 0 aromatic heterocycles. The number of ether oxygens (including phenoxy) is 2. The summed E-state index contributed by atoms with van der Waals surface area (Å²) >= 11 is 0. The molecule has 0 unspecified atom stereocenters. The van der Waals surface area contributed by atoms with Crippen molar-refractivity contribution in [3.05, 3.63) is 36.9 Å². The van der Waals surface area contributed by atoms with Gasteiger partial charge in [0.05, 0.1) is 4.90 Å².